The lowest BCUT2D eigenvalue weighted by atomic mass is 10.2. The Morgan fingerprint density at radius 2 is 2.04 bits per heavy atom. The van der Waals surface area contributed by atoms with Crippen LogP contribution in [0.1, 0.15) is 16.2 Å². The maximum atomic E-state index is 12.5. The summed E-state index contributed by atoms with van der Waals surface area (Å²) in [5, 5.41) is 10.7. The van der Waals surface area contributed by atoms with Crippen molar-refractivity contribution in [3.05, 3.63) is 59.4 Å². The Morgan fingerprint density at radius 1 is 1.24 bits per heavy atom. The van der Waals surface area contributed by atoms with Crippen molar-refractivity contribution >= 4 is 34.0 Å². The van der Waals surface area contributed by atoms with E-state index in [-0.39, 0.29) is 5.91 Å². The molecule has 25 heavy (non-hydrogen) atoms. The minimum atomic E-state index is -0.249. The number of amides is 1. The zero-order chi connectivity index (χ0) is 17.4. The molecule has 3 heterocycles. The molecule has 0 fully saturated rings. The van der Waals surface area contributed by atoms with E-state index >= 15 is 0 Å². The van der Waals surface area contributed by atoms with Crippen LogP contribution in [0, 0.1) is 6.92 Å². The van der Waals surface area contributed by atoms with Crippen LogP contribution in [0.15, 0.2) is 48.0 Å². The van der Waals surface area contributed by atoms with Crippen LogP contribution in [-0.2, 0) is 7.05 Å². The molecule has 0 aliphatic carbocycles. The molecule has 0 atom stereocenters. The molecule has 1 aromatic carbocycles. The highest BCUT2D eigenvalue weighted by Gasteiger charge is 2.13. The van der Waals surface area contributed by atoms with Crippen LogP contribution in [0.25, 0.3) is 21.6 Å². The van der Waals surface area contributed by atoms with E-state index in [1.807, 2.05) is 50.4 Å². The maximum Gasteiger partial charge on any atom is 0.275 e. The van der Waals surface area contributed by atoms with Crippen molar-refractivity contribution in [2.24, 2.45) is 7.05 Å². The highest BCUT2D eigenvalue weighted by atomic mass is 32.1. The van der Waals surface area contributed by atoms with Crippen molar-refractivity contribution in [1.29, 1.82) is 0 Å². The standard InChI is InChI=1S/C18H15N5OS/c1-11-14-8-13(9-19-16(14)23(2)22-11)20-17(24)15-10-25-18(21-15)12-6-4-3-5-7-12/h3-10H,1-2H3,(H,20,24). The average molecular weight is 349 g/mol. The highest BCUT2D eigenvalue weighted by molar-refractivity contribution is 7.13. The second-order valence-electron chi connectivity index (χ2n) is 5.66. The molecule has 0 saturated carbocycles. The number of hydrogen-bond donors (Lipinski definition) is 1. The van der Waals surface area contributed by atoms with Gasteiger partial charge >= 0.3 is 0 Å². The van der Waals surface area contributed by atoms with Crippen LogP contribution in [-0.4, -0.2) is 25.7 Å². The number of carbonyl (C=O) groups excluding carboxylic acids is 1. The topological polar surface area (TPSA) is 72.7 Å². The number of hydrogen-bond acceptors (Lipinski definition) is 5. The molecule has 1 N–H and O–H groups in total. The molecule has 0 bridgehead atoms. The van der Waals surface area contributed by atoms with Crippen LogP contribution >= 0.6 is 11.3 Å². The van der Waals surface area contributed by atoms with Crippen LogP contribution in [0.5, 0.6) is 0 Å². The first kappa shape index (κ1) is 15.5. The van der Waals surface area contributed by atoms with Gasteiger partial charge in [0.25, 0.3) is 5.91 Å². The van der Waals surface area contributed by atoms with E-state index < -0.39 is 0 Å². The first-order valence-corrected chi connectivity index (χ1v) is 8.61. The lowest BCUT2D eigenvalue weighted by Gasteiger charge is -2.03. The number of fused-ring (bicyclic) bond motifs is 1. The van der Waals surface area contributed by atoms with Gasteiger partial charge in [-0.2, -0.15) is 5.10 Å². The number of pyridine rings is 1. The summed E-state index contributed by atoms with van der Waals surface area (Å²) < 4.78 is 1.73. The van der Waals surface area contributed by atoms with Gasteiger partial charge in [0, 0.05) is 23.4 Å². The van der Waals surface area contributed by atoms with Crippen molar-refractivity contribution < 1.29 is 4.79 Å². The third-order valence-corrected chi connectivity index (χ3v) is 4.77. The largest absolute Gasteiger partial charge is 0.319 e. The first-order chi connectivity index (χ1) is 12.1. The fraction of sp³-hybridized carbons (Fsp3) is 0.111. The third-order valence-electron chi connectivity index (χ3n) is 3.88. The normalized spacial score (nSPS) is 11.0. The van der Waals surface area contributed by atoms with Crippen molar-refractivity contribution in [1.82, 2.24) is 19.7 Å². The number of anilines is 1. The maximum absolute atomic E-state index is 12.5. The lowest BCUT2D eigenvalue weighted by Crippen LogP contribution is -2.12. The Morgan fingerprint density at radius 3 is 2.84 bits per heavy atom. The van der Waals surface area contributed by atoms with E-state index in [2.05, 4.69) is 20.4 Å². The van der Waals surface area contributed by atoms with Crippen molar-refractivity contribution in [2.75, 3.05) is 5.32 Å². The van der Waals surface area contributed by atoms with Crippen LogP contribution in [0.2, 0.25) is 0 Å². The Bertz CT molecular complexity index is 1070. The summed E-state index contributed by atoms with van der Waals surface area (Å²) in [5.74, 6) is -0.249. The molecule has 0 saturated heterocycles. The van der Waals surface area contributed by atoms with Gasteiger partial charge in [0.05, 0.1) is 17.6 Å². The number of benzene rings is 1. The zero-order valence-corrected chi connectivity index (χ0v) is 14.5. The van der Waals surface area contributed by atoms with Crippen molar-refractivity contribution in [3.63, 3.8) is 0 Å². The van der Waals surface area contributed by atoms with Gasteiger partial charge in [0.1, 0.15) is 10.7 Å². The van der Waals surface area contributed by atoms with Crippen molar-refractivity contribution in [3.8, 4) is 10.6 Å². The van der Waals surface area contributed by atoms with E-state index in [4.69, 9.17) is 0 Å². The predicted molar refractivity (Wildman–Crippen MR) is 98.7 cm³/mol. The van der Waals surface area contributed by atoms with E-state index in [1.165, 1.54) is 11.3 Å². The molecule has 4 rings (SSSR count). The number of thiazole rings is 1. The monoisotopic (exact) mass is 349 g/mol. The number of aromatic nitrogens is 4. The summed E-state index contributed by atoms with van der Waals surface area (Å²) in [7, 11) is 1.85. The molecule has 7 heteroatoms. The molecule has 1 amide bonds. The minimum Gasteiger partial charge on any atom is -0.319 e. The summed E-state index contributed by atoms with van der Waals surface area (Å²) in [5.41, 5.74) is 3.69. The second kappa shape index (κ2) is 6.10. The SMILES string of the molecule is Cc1nn(C)c2ncc(NC(=O)c3csc(-c4ccccc4)n3)cc12. The van der Waals surface area contributed by atoms with Gasteiger partial charge in [0.2, 0.25) is 0 Å². The quantitative estimate of drug-likeness (QED) is 0.613. The molecule has 6 nitrogen and oxygen atoms in total. The number of aryl methyl sites for hydroxylation is 2. The van der Waals surface area contributed by atoms with Gasteiger partial charge in [-0.25, -0.2) is 9.97 Å². The van der Waals surface area contributed by atoms with Crippen LogP contribution in [0.3, 0.4) is 0 Å². The molecule has 0 radical (unpaired) electrons. The Hall–Kier alpha value is -3.06. The number of rotatable bonds is 3. The van der Waals surface area contributed by atoms with Gasteiger partial charge in [-0.3, -0.25) is 9.48 Å². The minimum absolute atomic E-state index is 0.249. The average Bonchev–Trinajstić information content (AvgIpc) is 3.22. The molecule has 124 valence electrons. The van der Waals surface area contributed by atoms with Gasteiger partial charge in [-0.15, -0.1) is 11.3 Å². The Labute approximate surface area is 148 Å². The summed E-state index contributed by atoms with van der Waals surface area (Å²) in [4.78, 5) is 21.3. The van der Waals surface area contributed by atoms with E-state index in [0.717, 1.165) is 27.3 Å². The molecule has 4 aromatic rings. The fourth-order valence-corrected chi connectivity index (χ4v) is 3.47. The molecule has 0 aliphatic heterocycles. The number of nitrogens with zero attached hydrogens (tertiary/aromatic N) is 4. The number of carbonyl (C=O) groups is 1. The third kappa shape index (κ3) is 2.89. The lowest BCUT2D eigenvalue weighted by molar-refractivity contribution is 0.102. The molecular weight excluding hydrogens is 334 g/mol. The summed E-state index contributed by atoms with van der Waals surface area (Å²) in [6, 6.07) is 11.7. The van der Waals surface area contributed by atoms with E-state index in [9.17, 15) is 4.79 Å². The number of nitrogens with one attached hydrogen (secondary N) is 1. The second-order valence-corrected chi connectivity index (χ2v) is 6.52. The molecular formula is C18H15N5OS. The van der Waals surface area contributed by atoms with Crippen LogP contribution in [0.4, 0.5) is 5.69 Å². The van der Waals surface area contributed by atoms with Crippen molar-refractivity contribution in [2.45, 2.75) is 6.92 Å². The molecule has 0 spiro atoms. The first-order valence-electron chi connectivity index (χ1n) is 7.73. The Balaban J connectivity index is 1.58. The molecule has 0 unspecified atom stereocenters. The summed E-state index contributed by atoms with van der Waals surface area (Å²) in [6.07, 6.45) is 1.63. The van der Waals surface area contributed by atoms with Crippen LogP contribution < -0.4 is 5.32 Å². The van der Waals surface area contributed by atoms with Gasteiger partial charge in [0.15, 0.2) is 5.65 Å². The summed E-state index contributed by atoms with van der Waals surface area (Å²) in [6.45, 7) is 1.92. The predicted octanol–water partition coefficient (Wildman–Crippen LogP) is 3.65. The fourth-order valence-electron chi connectivity index (χ4n) is 2.66. The van der Waals surface area contributed by atoms with Gasteiger partial charge in [-0.05, 0) is 13.0 Å². The highest BCUT2D eigenvalue weighted by Crippen LogP contribution is 2.24. The Kier molecular flexibility index (Phi) is 3.77. The van der Waals surface area contributed by atoms with E-state index in [0.29, 0.717) is 11.4 Å². The molecule has 0 aliphatic rings. The summed E-state index contributed by atoms with van der Waals surface area (Å²) >= 11 is 1.45. The van der Waals surface area contributed by atoms with Gasteiger partial charge < -0.3 is 5.32 Å². The van der Waals surface area contributed by atoms with E-state index in [1.54, 1.807) is 16.3 Å². The van der Waals surface area contributed by atoms with Gasteiger partial charge in [-0.1, -0.05) is 30.3 Å². The molecule has 3 aromatic heterocycles. The zero-order valence-electron chi connectivity index (χ0n) is 13.7. The smallest absolute Gasteiger partial charge is 0.275 e.